The number of allylic oxidation sites excluding steroid dienone is 2. The van der Waals surface area contributed by atoms with Crippen LogP contribution >= 0.6 is 0 Å². The Kier molecular flexibility index (Phi) is 39.8. The lowest BCUT2D eigenvalue weighted by Crippen LogP contribution is -1.94. The van der Waals surface area contributed by atoms with Crippen molar-refractivity contribution in [3.63, 3.8) is 0 Å². The van der Waals surface area contributed by atoms with E-state index in [0.717, 1.165) is 12.2 Å². The Balaban J connectivity index is -0.000000522. The first-order chi connectivity index (χ1) is 13.8. The van der Waals surface area contributed by atoms with Gasteiger partial charge in [0.15, 0.2) is 0 Å². The van der Waals surface area contributed by atoms with Crippen LogP contribution in [0.5, 0.6) is 0 Å². The molecule has 1 heteroatoms. The van der Waals surface area contributed by atoms with E-state index in [4.69, 9.17) is 7.85 Å². The molecule has 0 N–H and O–H groups in total. The molecule has 0 heterocycles. The maximum absolute atomic E-state index is 5.46. The van der Waals surface area contributed by atoms with Gasteiger partial charge in [0.1, 0.15) is 0 Å². The highest BCUT2D eigenvalue weighted by atomic mass is 14.0. The smallest absolute Gasteiger partial charge is 0.0653 e. The van der Waals surface area contributed by atoms with Crippen LogP contribution in [0.25, 0.3) is 0 Å². The van der Waals surface area contributed by atoms with Crippen molar-refractivity contribution in [3.8, 4) is 0 Å². The monoisotopic (exact) mass is 392 g/mol. The molecule has 0 aliphatic rings. The Bertz CT molecular complexity index is 225. The second-order valence-corrected chi connectivity index (χ2v) is 7.84. The zero-order valence-corrected chi connectivity index (χ0v) is 21.0. The van der Waals surface area contributed by atoms with Crippen LogP contribution in [0.1, 0.15) is 151 Å². The Morgan fingerprint density at radius 2 is 1.00 bits per heavy atom. The van der Waals surface area contributed by atoms with Crippen LogP contribution in [-0.2, 0) is 0 Å². The summed E-state index contributed by atoms with van der Waals surface area (Å²) in [5.74, 6) is 1.000. The predicted octanol–water partition coefficient (Wildman–Crippen LogP) is 10.5. The zero-order chi connectivity index (χ0) is 21.7. The first-order valence-corrected chi connectivity index (χ1v) is 13.1. The standard InChI is InChI=1S/C17H33B.C8H18.C2H6/c1-2-3-4-5-6-7-8-9-10-11-12-13-14-15-16-17-18;1-4-7-8(5-2)6-3;1-2/h9-10H,2-8,11-17H2,1H3;8H,4-7H2,1-3H3;1-2H3/b10-9-;;. The van der Waals surface area contributed by atoms with Crippen molar-refractivity contribution in [2.75, 3.05) is 0 Å². The summed E-state index contributed by atoms with van der Waals surface area (Å²) >= 11 is 0. The van der Waals surface area contributed by atoms with Gasteiger partial charge in [-0.2, -0.15) is 0 Å². The van der Waals surface area contributed by atoms with E-state index in [9.17, 15) is 0 Å². The molecule has 28 heavy (non-hydrogen) atoms. The second-order valence-electron chi connectivity index (χ2n) is 7.84. The van der Waals surface area contributed by atoms with Crippen molar-refractivity contribution in [2.45, 2.75) is 157 Å². The molecular formula is C27H57B. The van der Waals surface area contributed by atoms with Gasteiger partial charge in [-0.1, -0.05) is 143 Å². The summed E-state index contributed by atoms with van der Waals surface area (Å²) in [4.78, 5) is 0. The van der Waals surface area contributed by atoms with Gasteiger partial charge in [0.2, 0.25) is 0 Å². The molecule has 0 fully saturated rings. The van der Waals surface area contributed by atoms with E-state index < -0.39 is 0 Å². The maximum atomic E-state index is 5.46. The molecule has 0 atom stereocenters. The molecule has 0 aliphatic heterocycles. The van der Waals surface area contributed by atoms with Crippen molar-refractivity contribution in [3.05, 3.63) is 12.2 Å². The van der Waals surface area contributed by atoms with Crippen LogP contribution in [0.15, 0.2) is 12.2 Å². The quantitative estimate of drug-likeness (QED) is 0.124. The van der Waals surface area contributed by atoms with Gasteiger partial charge in [-0.25, -0.2) is 0 Å². The topological polar surface area (TPSA) is 0 Å². The zero-order valence-electron chi connectivity index (χ0n) is 21.0. The fourth-order valence-electron chi connectivity index (χ4n) is 3.32. The molecule has 0 rings (SSSR count). The lowest BCUT2D eigenvalue weighted by Gasteiger charge is -2.08. The Hall–Kier alpha value is -0.195. The summed E-state index contributed by atoms with van der Waals surface area (Å²) in [6.07, 6.45) is 28.8. The fraction of sp³-hybridized carbons (Fsp3) is 0.926. The molecule has 0 saturated carbocycles. The van der Waals surface area contributed by atoms with E-state index in [1.165, 1.54) is 109 Å². The minimum absolute atomic E-state index is 0.859. The lowest BCUT2D eigenvalue weighted by atomic mass is 9.98. The van der Waals surface area contributed by atoms with Crippen LogP contribution in [0.4, 0.5) is 0 Å². The Morgan fingerprint density at radius 3 is 1.36 bits per heavy atom. The first-order valence-electron chi connectivity index (χ1n) is 13.1. The summed E-state index contributed by atoms with van der Waals surface area (Å²) in [6.45, 7) is 13.1. The molecule has 0 aromatic heterocycles. The van der Waals surface area contributed by atoms with Gasteiger partial charge in [-0.3, -0.25) is 0 Å². The molecule has 0 aromatic carbocycles. The van der Waals surface area contributed by atoms with E-state index in [1.807, 2.05) is 13.8 Å². The van der Waals surface area contributed by atoms with Crippen LogP contribution in [0.2, 0.25) is 6.32 Å². The first kappa shape index (κ1) is 32.5. The number of unbranched alkanes of at least 4 members (excludes halogenated alkanes) is 11. The van der Waals surface area contributed by atoms with Gasteiger partial charge in [0, 0.05) is 0 Å². The van der Waals surface area contributed by atoms with Crippen molar-refractivity contribution in [1.29, 1.82) is 0 Å². The third-order valence-electron chi connectivity index (χ3n) is 5.32. The van der Waals surface area contributed by atoms with Crippen LogP contribution in [0.3, 0.4) is 0 Å². The van der Waals surface area contributed by atoms with Crippen molar-refractivity contribution < 1.29 is 0 Å². The van der Waals surface area contributed by atoms with Gasteiger partial charge >= 0.3 is 0 Å². The van der Waals surface area contributed by atoms with Gasteiger partial charge in [-0.15, -0.1) is 0 Å². The highest BCUT2D eigenvalue weighted by Crippen LogP contribution is 2.13. The second kappa shape index (κ2) is 34.3. The van der Waals surface area contributed by atoms with Gasteiger partial charge < -0.3 is 0 Å². The fourth-order valence-corrected chi connectivity index (χ4v) is 3.32. The number of hydrogen-bond acceptors (Lipinski definition) is 0. The molecule has 0 amide bonds. The van der Waals surface area contributed by atoms with Crippen LogP contribution in [0, 0.1) is 5.92 Å². The molecule has 2 radical (unpaired) electrons. The maximum Gasteiger partial charge on any atom is 0.0653 e. The third kappa shape index (κ3) is 33.4. The van der Waals surface area contributed by atoms with E-state index >= 15 is 0 Å². The molecular weight excluding hydrogens is 335 g/mol. The minimum atomic E-state index is 0.859. The van der Waals surface area contributed by atoms with Gasteiger partial charge in [0.05, 0.1) is 7.85 Å². The van der Waals surface area contributed by atoms with Crippen molar-refractivity contribution in [2.24, 2.45) is 5.92 Å². The van der Waals surface area contributed by atoms with E-state index in [-0.39, 0.29) is 0 Å². The summed E-state index contributed by atoms with van der Waals surface area (Å²) in [7, 11) is 5.46. The minimum Gasteiger partial charge on any atom is -0.0887 e. The summed E-state index contributed by atoms with van der Waals surface area (Å²) in [5.41, 5.74) is 0. The van der Waals surface area contributed by atoms with Crippen LogP contribution in [-0.4, -0.2) is 7.85 Å². The molecule has 0 aliphatic carbocycles. The van der Waals surface area contributed by atoms with E-state index in [1.54, 1.807) is 0 Å². The molecule has 168 valence electrons. The molecule has 0 bridgehead atoms. The van der Waals surface area contributed by atoms with Crippen molar-refractivity contribution >= 4 is 7.85 Å². The van der Waals surface area contributed by atoms with Crippen LogP contribution < -0.4 is 0 Å². The van der Waals surface area contributed by atoms with E-state index in [2.05, 4.69) is 39.8 Å². The van der Waals surface area contributed by atoms with Gasteiger partial charge in [0.25, 0.3) is 0 Å². The predicted molar refractivity (Wildman–Crippen MR) is 136 cm³/mol. The average molecular weight is 393 g/mol. The summed E-state index contributed by atoms with van der Waals surface area (Å²) in [5, 5.41) is 0. The SMILES string of the molecule is CC.CCCC(CC)CC.[B]CCCCCCC/C=C\CCCCCCCC. The third-order valence-corrected chi connectivity index (χ3v) is 5.32. The molecule has 0 saturated heterocycles. The Labute approximate surface area is 183 Å². The average Bonchev–Trinajstić information content (AvgIpc) is 2.74. The number of hydrogen-bond donors (Lipinski definition) is 0. The van der Waals surface area contributed by atoms with E-state index in [0.29, 0.717) is 0 Å². The summed E-state index contributed by atoms with van der Waals surface area (Å²) < 4.78 is 0. The largest absolute Gasteiger partial charge is 0.0887 e. The summed E-state index contributed by atoms with van der Waals surface area (Å²) in [6, 6.07) is 0. The molecule has 0 spiro atoms. The highest BCUT2D eigenvalue weighted by Gasteiger charge is 1.98. The van der Waals surface area contributed by atoms with Crippen molar-refractivity contribution in [1.82, 2.24) is 0 Å². The Morgan fingerprint density at radius 1 is 0.571 bits per heavy atom. The molecule has 0 aromatic rings. The lowest BCUT2D eigenvalue weighted by molar-refractivity contribution is 0.451. The highest BCUT2D eigenvalue weighted by molar-refractivity contribution is 6.08. The normalized spacial score (nSPS) is 10.5. The molecule has 0 unspecified atom stereocenters. The number of rotatable bonds is 18. The molecule has 0 nitrogen and oxygen atoms in total. The van der Waals surface area contributed by atoms with Gasteiger partial charge in [-0.05, 0) is 31.6 Å².